The van der Waals surface area contributed by atoms with Gasteiger partial charge in [0.2, 0.25) is 5.13 Å². The summed E-state index contributed by atoms with van der Waals surface area (Å²) in [6.45, 7) is 0. The number of rotatable bonds is 3. The van der Waals surface area contributed by atoms with E-state index in [1.54, 1.807) is 26.4 Å². The van der Waals surface area contributed by atoms with Crippen LogP contribution in [0, 0.1) is 0 Å². The van der Waals surface area contributed by atoms with E-state index in [9.17, 15) is 4.79 Å². The van der Waals surface area contributed by atoms with Crippen LogP contribution < -0.4 is 4.74 Å². The number of pyridine rings is 1. The minimum absolute atomic E-state index is 0.104. The minimum atomic E-state index is -0.104. The maximum absolute atomic E-state index is 12.5. The van der Waals surface area contributed by atoms with Crippen molar-refractivity contribution in [2.75, 3.05) is 14.2 Å². The molecule has 3 aromatic rings. The molecule has 3 heterocycles. The van der Waals surface area contributed by atoms with Gasteiger partial charge in [-0.2, -0.15) is 4.99 Å². The number of hydrogen-bond donors (Lipinski definition) is 0. The Labute approximate surface area is 158 Å². The highest BCUT2D eigenvalue weighted by molar-refractivity contribution is 8.18. The molecule has 0 bridgehead atoms. The molecular formula is C18H14N4O2S2. The van der Waals surface area contributed by atoms with Gasteiger partial charge in [0, 0.05) is 24.0 Å². The zero-order valence-electron chi connectivity index (χ0n) is 14.0. The number of amidine groups is 1. The van der Waals surface area contributed by atoms with Crippen LogP contribution in [-0.4, -0.2) is 40.1 Å². The summed E-state index contributed by atoms with van der Waals surface area (Å²) in [5, 5.41) is 4.07. The van der Waals surface area contributed by atoms with Gasteiger partial charge in [-0.3, -0.25) is 9.69 Å². The number of amides is 1. The minimum Gasteiger partial charge on any atom is -0.494 e. The second-order valence-corrected chi connectivity index (χ2v) is 7.33. The fraction of sp³-hybridized carbons (Fsp3) is 0.111. The highest BCUT2D eigenvalue weighted by Crippen LogP contribution is 2.33. The third-order valence-electron chi connectivity index (χ3n) is 3.82. The highest BCUT2D eigenvalue weighted by atomic mass is 32.2. The maximum Gasteiger partial charge on any atom is 0.266 e. The molecule has 130 valence electrons. The fourth-order valence-electron chi connectivity index (χ4n) is 2.52. The number of thioether (sulfide) groups is 1. The van der Waals surface area contributed by atoms with E-state index >= 15 is 0 Å². The summed E-state index contributed by atoms with van der Waals surface area (Å²) in [5.41, 5.74) is 1.46. The van der Waals surface area contributed by atoms with Crippen LogP contribution in [-0.2, 0) is 4.79 Å². The number of nitrogens with zero attached hydrogens (tertiary/aromatic N) is 4. The predicted molar refractivity (Wildman–Crippen MR) is 106 cm³/mol. The number of para-hydroxylation sites is 1. The van der Waals surface area contributed by atoms with Crippen molar-refractivity contribution in [1.82, 2.24) is 14.9 Å². The Morgan fingerprint density at radius 2 is 2.15 bits per heavy atom. The number of ether oxygens (including phenoxy) is 1. The lowest BCUT2D eigenvalue weighted by Gasteiger charge is -2.06. The molecule has 0 radical (unpaired) electrons. The number of aromatic nitrogens is 2. The molecule has 0 atom stereocenters. The van der Waals surface area contributed by atoms with Crippen molar-refractivity contribution in [3.8, 4) is 5.75 Å². The first-order chi connectivity index (χ1) is 12.7. The van der Waals surface area contributed by atoms with Crippen LogP contribution in [0.4, 0.5) is 5.13 Å². The smallest absolute Gasteiger partial charge is 0.266 e. The molecule has 26 heavy (non-hydrogen) atoms. The largest absolute Gasteiger partial charge is 0.494 e. The molecule has 0 saturated carbocycles. The quantitative estimate of drug-likeness (QED) is 0.642. The lowest BCUT2D eigenvalue weighted by atomic mass is 10.2. The van der Waals surface area contributed by atoms with E-state index in [0.29, 0.717) is 26.6 Å². The predicted octanol–water partition coefficient (Wildman–Crippen LogP) is 3.93. The van der Waals surface area contributed by atoms with Crippen LogP contribution in [0.2, 0.25) is 0 Å². The third-order valence-corrected chi connectivity index (χ3v) is 5.54. The Kier molecular flexibility index (Phi) is 4.44. The Morgan fingerprint density at radius 1 is 1.27 bits per heavy atom. The van der Waals surface area contributed by atoms with Crippen LogP contribution in [0.1, 0.15) is 5.69 Å². The van der Waals surface area contributed by atoms with Crippen molar-refractivity contribution in [1.29, 1.82) is 0 Å². The molecule has 6 nitrogen and oxygen atoms in total. The van der Waals surface area contributed by atoms with Crippen LogP contribution >= 0.6 is 23.1 Å². The highest BCUT2D eigenvalue weighted by Gasteiger charge is 2.30. The molecule has 1 aliphatic heterocycles. The van der Waals surface area contributed by atoms with Gasteiger partial charge in [-0.05, 0) is 30.0 Å². The lowest BCUT2D eigenvalue weighted by Crippen LogP contribution is -2.23. The van der Waals surface area contributed by atoms with Crippen LogP contribution in [0.3, 0.4) is 0 Å². The van der Waals surface area contributed by atoms with Crippen LogP contribution in [0.25, 0.3) is 17.0 Å². The van der Waals surface area contributed by atoms with Crippen molar-refractivity contribution in [2.24, 2.45) is 4.99 Å². The van der Waals surface area contributed by atoms with Gasteiger partial charge >= 0.3 is 0 Å². The molecule has 0 N–H and O–H groups in total. The van der Waals surface area contributed by atoms with E-state index < -0.39 is 0 Å². The van der Waals surface area contributed by atoms with E-state index in [4.69, 9.17) is 4.74 Å². The summed E-state index contributed by atoms with van der Waals surface area (Å²) < 4.78 is 5.38. The molecule has 0 unspecified atom stereocenters. The average Bonchev–Trinajstić information content (AvgIpc) is 3.26. The normalized spacial score (nSPS) is 17.6. The summed E-state index contributed by atoms with van der Waals surface area (Å²) >= 11 is 2.75. The van der Waals surface area contributed by atoms with E-state index in [1.165, 1.54) is 28.0 Å². The van der Waals surface area contributed by atoms with Crippen molar-refractivity contribution >= 4 is 56.3 Å². The number of likely N-dealkylation sites (N-methyl/N-ethyl adjacent to an activating group) is 1. The van der Waals surface area contributed by atoms with Crippen LogP contribution in [0.15, 0.2) is 51.8 Å². The number of methoxy groups -OCH3 is 1. The number of fused-ring (bicyclic) bond motifs is 1. The van der Waals surface area contributed by atoms with Gasteiger partial charge in [-0.15, -0.1) is 11.3 Å². The summed E-state index contributed by atoms with van der Waals surface area (Å²) in [7, 11) is 3.33. The van der Waals surface area contributed by atoms with Gasteiger partial charge in [-0.25, -0.2) is 9.97 Å². The van der Waals surface area contributed by atoms with Crippen molar-refractivity contribution < 1.29 is 9.53 Å². The Balaban J connectivity index is 1.70. The van der Waals surface area contributed by atoms with E-state index in [2.05, 4.69) is 15.0 Å². The fourth-order valence-corrected chi connectivity index (χ4v) is 4.03. The first-order valence-electron chi connectivity index (χ1n) is 7.75. The average molecular weight is 382 g/mol. The Hall–Kier alpha value is -2.71. The second kappa shape index (κ2) is 6.89. The van der Waals surface area contributed by atoms with Gasteiger partial charge in [0.15, 0.2) is 5.17 Å². The number of carbonyl (C=O) groups is 1. The SMILES string of the molecule is COc1cccc2ccc(C=C3SC(=Nc4nccs4)N(C)C3=O)nc12. The summed E-state index contributed by atoms with van der Waals surface area (Å²) in [4.78, 5) is 27.8. The van der Waals surface area contributed by atoms with Gasteiger partial charge in [0.25, 0.3) is 5.91 Å². The number of aliphatic imine (C=N–C) groups is 1. The molecule has 1 aliphatic rings. The molecule has 2 aromatic heterocycles. The maximum atomic E-state index is 12.5. The van der Waals surface area contributed by atoms with Gasteiger partial charge in [0.1, 0.15) is 11.3 Å². The van der Waals surface area contributed by atoms with Crippen molar-refractivity contribution in [3.63, 3.8) is 0 Å². The number of benzene rings is 1. The molecular weight excluding hydrogens is 368 g/mol. The first kappa shape index (κ1) is 16.7. The van der Waals surface area contributed by atoms with E-state index in [0.717, 1.165) is 10.9 Å². The molecule has 8 heteroatoms. The third kappa shape index (κ3) is 3.09. The summed E-state index contributed by atoms with van der Waals surface area (Å²) in [6.07, 6.45) is 3.47. The second-order valence-electron chi connectivity index (χ2n) is 5.45. The molecule has 1 fully saturated rings. The molecule has 1 amide bonds. The van der Waals surface area contributed by atoms with E-state index in [1.807, 2.05) is 35.7 Å². The number of hydrogen-bond acceptors (Lipinski definition) is 7. The summed E-state index contributed by atoms with van der Waals surface area (Å²) in [6, 6.07) is 9.62. The van der Waals surface area contributed by atoms with Crippen molar-refractivity contribution in [2.45, 2.75) is 0 Å². The molecule has 0 spiro atoms. The monoisotopic (exact) mass is 382 g/mol. The van der Waals surface area contributed by atoms with Gasteiger partial charge in [-0.1, -0.05) is 18.2 Å². The number of thiazole rings is 1. The molecule has 1 saturated heterocycles. The standard InChI is InChI=1S/C18H14N4O2S2/c1-22-16(23)14(26-18(22)21-17-19-8-9-25-17)10-12-7-6-11-4-3-5-13(24-2)15(11)20-12/h3-10H,1-2H3. The van der Waals surface area contributed by atoms with Crippen LogP contribution in [0.5, 0.6) is 5.75 Å². The van der Waals surface area contributed by atoms with Gasteiger partial charge < -0.3 is 4.74 Å². The first-order valence-corrected chi connectivity index (χ1v) is 9.45. The Bertz CT molecular complexity index is 1040. The molecule has 0 aliphatic carbocycles. The zero-order chi connectivity index (χ0) is 18.1. The molecule has 1 aromatic carbocycles. The van der Waals surface area contributed by atoms with E-state index in [-0.39, 0.29) is 5.91 Å². The van der Waals surface area contributed by atoms with Crippen molar-refractivity contribution in [3.05, 3.63) is 52.5 Å². The topological polar surface area (TPSA) is 67.7 Å². The number of carbonyl (C=O) groups excluding carboxylic acids is 1. The lowest BCUT2D eigenvalue weighted by molar-refractivity contribution is -0.121. The zero-order valence-corrected chi connectivity index (χ0v) is 15.7. The van der Waals surface area contributed by atoms with Gasteiger partial charge in [0.05, 0.1) is 17.7 Å². The molecule has 4 rings (SSSR count). The Morgan fingerprint density at radius 3 is 2.92 bits per heavy atom. The summed E-state index contributed by atoms with van der Waals surface area (Å²) in [5.74, 6) is 0.600.